The lowest BCUT2D eigenvalue weighted by atomic mass is 9.80. The molecule has 6 fully saturated rings. The van der Waals surface area contributed by atoms with Crippen molar-refractivity contribution in [3.63, 3.8) is 0 Å². The van der Waals surface area contributed by atoms with Crippen molar-refractivity contribution in [3.8, 4) is 0 Å². The zero-order valence-electron chi connectivity index (χ0n) is 29.6. The second kappa shape index (κ2) is 18.7. The molecule has 3 spiro atoms. The van der Waals surface area contributed by atoms with Crippen LogP contribution in [-0.4, -0.2) is 73.6 Å². The van der Waals surface area contributed by atoms with Crippen LogP contribution in [0.5, 0.6) is 0 Å². The van der Waals surface area contributed by atoms with Gasteiger partial charge in [0.1, 0.15) is 0 Å². The number of rotatable bonds is 0. The van der Waals surface area contributed by atoms with Crippen LogP contribution < -0.4 is 17.2 Å². The van der Waals surface area contributed by atoms with Crippen LogP contribution in [0.1, 0.15) is 146 Å². The first kappa shape index (κ1) is 40.7. The molecule has 43 heavy (non-hydrogen) atoms. The Balaban J connectivity index is 0.000000296. The molecule has 3 heterocycles. The molecule has 6 N–H and O–H groups in total. The van der Waals surface area contributed by atoms with Gasteiger partial charge in [0.25, 0.3) is 0 Å². The number of hydrogen-bond donors (Lipinski definition) is 3. The largest absolute Gasteiger partial charge is 0.350 e. The van der Waals surface area contributed by atoms with E-state index in [1.165, 1.54) is 0 Å². The summed E-state index contributed by atoms with van der Waals surface area (Å²) in [5.41, 5.74) is 18.0. The molecule has 1 unspecified atom stereocenters. The molecule has 9 nitrogen and oxygen atoms in total. The van der Waals surface area contributed by atoms with Gasteiger partial charge >= 0.3 is 0 Å². The van der Waals surface area contributed by atoms with Crippen LogP contribution in [0.25, 0.3) is 0 Å². The van der Waals surface area contributed by atoms with E-state index in [9.17, 15) is 0 Å². The van der Waals surface area contributed by atoms with E-state index in [1.54, 1.807) is 0 Å². The second-order valence-corrected chi connectivity index (χ2v) is 13.2. The minimum absolute atomic E-state index is 0.000556. The van der Waals surface area contributed by atoms with Gasteiger partial charge in [-0.15, -0.1) is 0 Å². The topological polar surface area (TPSA) is 133 Å². The Kier molecular flexibility index (Phi) is 17.7. The molecule has 6 aliphatic rings. The van der Waals surface area contributed by atoms with Gasteiger partial charge in [-0.25, -0.2) is 0 Å². The molecule has 0 aromatic rings. The van der Waals surface area contributed by atoms with Crippen LogP contribution in [0.2, 0.25) is 0 Å². The minimum atomic E-state index is -0.318. The second-order valence-electron chi connectivity index (χ2n) is 13.2. The highest BCUT2D eigenvalue weighted by Gasteiger charge is 2.45. The molecule has 3 aliphatic heterocycles. The summed E-state index contributed by atoms with van der Waals surface area (Å²) in [6.45, 7) is 23.0. The summed E-state index contributed by atoms with van der Waals surface area (Å²) < 4.78 is 33.9. The van der Waals surface area contributed by atoms with Crippen LogP contribution in [0.15, 0.2) is 0 Å². The van der Waals surface area contributed by atoms with Crippen molar-refractivity contribution in [2.75, 3.05) is 39.6 Å². The third kappa shape index (κ3) is 13.5. The van der Waals surface area contributed by atoms with E-state index < -0.39 is 0 Å². The Morgan fingerprint density at radius 1 is 0.349 bits per heavy atom. The summed E-state index contributed by atoms with van der Waals surface area (Å²) in [5, 5.41) is 0. The third-order valence-corrected chi connectivity index (χ3v) is 8.93. The fourth-order valence-corrected chi connectivity index (χ4v) is 6.39. The fraction of sp³-hybridized carbons (Fsp3) is 1.00. The molecular weight excluding hydrogens is 546 g/mol. The van der Waals surface area contributed by atoms with Crippen LogP contribution >= 0.6 is 0 Å². The van der Waals surface area contributed by atoms with Crippen LogP contribution in [0.3, 0.4) is 0 Å². The Morgan fingerprint density at radius 3 is 1.02 bits per heavy atom. The van der Waals surface area contributed by atoms with E-state index in [0.29, 0.717) is 0 Å². The maximum atomic E-state index is 6.07. The van der Waals surface area contributed by atoms with Gasteiger partial charge in [-0.2, -0.15) is 0 Å². The molecule has 3 aliphatic carbocycles. The minimum Gasteiger partial charge on any atom is -0.350 e. The van der Waals surface area contributed by atoms with E-state index in [2.05, 4.69) is 20.8 Å². The zero-order valence-corrected chi connectivity index (χ0v) is 29.6. The standard InChI is InChI=1S/C10H19NO2.2C9H17NO2.3C2H6/c1-9(11)3-5-10(6-4-9)12-7-2-8-13-10;1-8(10)2-4-9(5-3-8)11-6-7-12-9;1-8(10)3-2-4-9(7-8)11-5-6-12-9;3*1-2/h2-8,11H2,1H3;2*2-7,10H2,1H3;3*1-2H3. The lowest BCUT2D eigenvalue weighted by Gasteiger charge is -2.44. The average Bonchev–Trinajstić information content (AvgIpc) is 3.66. The van der Waals surface area contributed by atoms with E-state index in [-0.39, 0.29) is 34.0 Å². The summed E-state index contributed by atoms with van der Waals surface area (Å²) in [7, 11) is 0. The van der Waals surface area contributed by atoms with Crippen LogP contribution in [0.4, 0.5) is 0 Å². The molecule has 3 saturated carbocycles. The van der Waals surface area contributed by atoms with Crippen LogP contribution in [0, 0.1) is 0 Å². The predicted molar refractivity (Wildman–Crippen MR) is 176 cm³/mol. The zero-order chi connectivity index (χ0) is 32.7. The molecule has 0 aromatic heterocycles. The van der Waals surface area contributed by atoms with Gasteiger partial charge in [-0.05, 0) is 65.7 Å². The van der Waals surface area contributed by atoms with Crippen LogP contribution in [-0.2, 0) is 28.4 Å². The summed E-state index contributed by atoms with van der Waals surface area (Å²) in [5.74, 6) is -0.836. The highest BCUT2D eigenvalue weighted by Crippen LogP contribution is 2.40. The maximum absolute atomic E-state index is 6.07. The van der Waals surface area contributed by atoms with E-state index in [4.69, 9.17) is 45.6 Å². The van der Waals surface area contributed by atoms with Gasteiger partial charge < -0.3 is 45.6 Å². The van der Waals surface area contributed by atoms with Gasteiger partial charge in [0.2, 0.25) is 0 Å². The monoisotopic (exact) mass is 618 g/mol. The molecule has 0 radical (unpaired) electrons. The first-order valence-corrected chi connectivity index (χ1v) is 17.6. The quantitative estimate of drug-likeness (QED) is 0.277. The van der Waals surface area contributed by atoms with E-state index >= 15 is 0 Å². The molecule has 0 bridgehead atoms. The van der Waals surface area contributed by atoms with Crippen molar-refractivity contribution >= 4 is 0 Å². The van der Waals surface area contributed by atoms with E-state index in [0.717, 1.165) is 123 Å². The van der Waals surface area contributed by atoms with E-state index in [1.807, 2.05) is 41.5 Å². The lowest BCUT2D eigenvalue weighted by Crippen LogP contribution is -2.50. The molecule has 0 aromatic carbocycles. The summed E-state index contributed by atoms with van der Waals surface area (Å²) in [6.07, 6.45) is 13.0. The van der Waals surface area contributed by atoms with Crippen molar-refractivity contribution < 1.29 is 28.4 Å². The van der Waals surface area contributed by atoms with Gasteiger partial charge in [0.15, 0.2) is 17.4 Å². The average molecular weight is 618 g/mol. The molecule has 1 atom stereocenters. The number of ether oxygens (including phenoxy) is 6. The molecule has 9 heteroatoms. The normalized spacial score (nSPS) is 32.7. The Morgan fingerprint density at radius 2 is 0.674 bits per heavy atom. The maximum Gasteiger partial charge on any atom is 0.170 e. The molecule has 3 saturated heterocycles. The molecule has 6 rings (SSSR count). The first-order valence-electron chi connectivity index (χ1n) is 17.6. The Hall–Kier alpha value is -0.360. The summed E-state index contributed by atoms with van der Waals surface area (Å²) in [6, 6.07) is 0. The molecule has 258 valence electrons. The highest BCUT2D eigenvalue weighted by molar-refractivity contribution is 4.94. The van der Waals surface area contributed by atoms with Crippen molar-refractivity contribution in [3.05, 3.63) is 0 Å². The summed E-state index contributed by atoms with van der Waals surface area (Å²) >= 11 is 0. The molecule has 0 amide bonds. The van der Waals surface area contributed by atoms with Crippen molar-refractivity contribution in [1.82, 2.24) is 0 Å². The number of hydrogen-bond acceptors (Lipinski definition) is 9. The van der Waals surface area contributed by atoms with Crippen molar-refractivity contribution in [2.45, 2.75) is 180 Å². The summed E-state index contributed by atoms with van der Waals surface area (Å²) in [4.78, 5) is 0. The SMILES string of the molecule is CC.CC.CC.CC1(N)CCC2(CC1)OCCCO2.CC1(N)CCC2(CC1)OCCO2.CC1(N)CCCC2(C1)OCCO2. The number of nitrogens with two attached hydrogens (primary N) is 3. The highest BCUT2D eigenvalue weighted by atomic mass is 16.7. The smallest absolute Gasteiger partial charge is 0.170 e. The van der Waals surface area contributed by atoms with Gasteiger partial charge in [-0.1, -0.05) is 41.5 Å². The third-order valence-electron chi connectivity index (χ3n) is 8.93. The van der Waals surface area contributed by atoms with Gasteiger partial charge in [0, 0.05) is 55.1 Å². The van der Waals surface area contributed by atoms with Gasteiger partial charge in [-0.3, -0.25) is 0 Å². The lowest BCUT2D eigenvalue weighted by molar-refractivity contribution is -0.283. The fourth-order valence-electron chi connectivity index (χ4n) is 6.39. The molecular formula is C34H71N3O6. The Labute approximate surface area is 264 Å². The Bertz CT molecular complexity index is 704. The first-order chi connectivity index (χ1) is 20.4. The van der Waals surface area contributed by atoms with Crippen molar-refractivity contribution in [1.29, 1.82) is 0 Å². The van der Waals surface area contributed by atoms with Gasteiger partial charge in [0.05, 0.1) is 39.6 Å². The van der Waals surface area contributed by atoms with Crippen molar-refractivity contribution in [2.24, 2.45) is 17.2 Å². The predicted octanol–water partition coefficient (Wildman–Crippen LogP) is 6.53.